The number of hydrogen-bond donors (Lipinski definition) is 1. The highest BCUT2D eigenvalue weighted by Crippen LogP contribution is 2.49. The highest BCUT2D eigenvalue weighted by Gasteiger charge is 2.39. The maximum atomic E-state index is 13.5. The lowest BCUT2D eigenvalue weighted by molar-refractivity contribution is -0.135. The van der Waals surface area contributed by atoms with Crippen molar-refractivity contribution >= 4 is 28.7 Å². The van der Waals surface area contributed by atoms with Gasteiger partial charge in [0.05, 0.1) is 45.9 Å². The normalized spacial score (nSPS) is 16.6. The fourth-order valence-electron chi connectivity index (χ4n) is 5.26. The third kappa shape index (κ3) is 4.33. The summed E-state index contributed by atoms with van der Waals surface area (Å²) in [5, 5.41) is 0.756. The number of hydrogen-bond acceptors (Lipinski definition) is 9. The number of carbonyl (C=O) groups excluding carboxylic acids is 2. The van der Waals surface area contributed by atoms with E-state index < -0.39 is 11.9 Å². The molecule has 1 atom stereocenters. The van der Waals surface area contributed by atoms with Gasteiger partial charge in [0.1, 0.15) is 23.0 Å². The number of fused-ring (bicyclic) bond motifs is 4. The van der Waals surface area contributed by atoms with Gasteiger partial charge < -0.3 is 33.4 Å². The number of ketones is 1. The Morgan fingerprint density at radius 3 is 2.32 bits per heavy atom. The number of pyridine rings is 1. The lowest BCUT2D eigenvalue weighted by Crippen LogP contribution is -2.26. The highest BCUT2D eigenvalue weighted by atomic mass is 16.5. The molecule has 0 saturated carbocycles. The van der Waals surface area contributed by atoms with Crippen LogP contribution in [0.15, 0.2) is 59.1 Å². The van der Waals surface area contributed by atoms with E-state index in [4.69, 9.17) is 28.4 Å². The van der Waals surface area contributed by atoms with E-state index in [-0.39, 0.29) is 35.0 Å². The lowest BCUT2D eigenvalue weighted by atomic mass is 9.85. The number of aromatic amines is 1. The van der Waals surface area contributed by atoms with E-state index in [1.54, 1.807) is 55.7 Å². The molecule has 2 aliphatic heterocycles. The Labute approximate surface area is 234 Å². The number of esters is 1. The molecule has 3 heterocycles. The summed E-state index contributed by atoms with van der Waals surface area (Å²) in [5.41, 5.74) is 1.85. The van der Waals surface area contributed by atoms with Crippen LogP contribution in [0.2, 0.25) is 0 Å². The van der Waals surface area contributed by atoms with Crippen LogP contribution in [0.4, 0.5) is 0 Å². The Morgan fingerprint density at radius 2 is 1.59 bits per heavy atom. The predicted octanol–water partition coefficient (Wildman–Crippen LogP) is 4.62. The van der Waals surface area contributed by atoms with Gasteiger partial charge in [0.2, 0.25) is 5.78 Å². The van der Waals surface area contributed by atoms with Gasteiger partial charge in [0.15, 0.2) is 17.3 Å². The molecule has 1 unspecified atom stereocenters. The Balaban J connectivity index is 1.47. The molecule has 0 bridgehead atoms. The first-order valence-corrected chi connectivity index (χ1v) is 12.7. The summed E-state index contributed by atoms with van der Waals surface area (Å²) in [6.07, 6.45) is 1.45. The van der Waals surface area contributed by atoms with E-state index in [9.17, 15) is 14.4 Å². The first kappa shape index (κ1) is 26.0. The number of H-pyrrole nitrogens is 1. The molecule has 1 aromatic heterocycles. The molecule has 41 heavy (non-hydrogen) atoms. The van der Waals surface area contributed by atoms with E-state index in [2.05, 4.69) is 4.98 Å². The molecule has 0 radical (unpaired) electrons. The van der Waals surface area contributed by atoms with Gasteiger partial charge in [-0.25, -0.2) is 0 Å². The third-order valence-corrected chi connectivity index (χ3v) is 7.26. The summed E-state index contributed by atoms with van der Waals surface area (Å²) >= 11 is 0. The standard InChI is InChI=1S/C31H25NO9/c1-36-17-6-5-15-9-20(31(35)32-21(15)12-17)19-13-27(33)40-22-8-7-18-29(34)26(41-30(18)28(19)22)11-16-10-24(38-3)25(39-4)14-23(16)37-2/h5-12,14,19H,13H2,1-4H3,(H,32,35). The van der Waals surface area contributed by atoms with Crippen molar-refractivity contribution in [2.75, 3.05) is 28.4 Å². The zero-order valence-electron chi connectivity index (χ0n) is 22.7. The maximum Gasteiger partial charge on any atom is 0.312 e. The zero-order chi connectivity index (χ0) is 28.8. The average molecular weight is 556 g/mol. The van der Waals surface area contributed by atoms with Crippen molar-refractivity contribution in [3.05, 3.63) is 86.9 Å². The molecule has 0 aliphatic carbocycles. The van der Waals surface area contributed by atoms with Crippen molar-refractivity contribution in [3.63, 3.8) is 0 Å². The molecule has 2 aliphatic rings. The van der Waals surface area contributed by atoms with Gasteiger partial charge in [0.25, 0.3) is 5.56 Å². The Bertz CT molecular complexity index is 1840. The number of methoxy groups -OCH3 is 4. The minimum atomic E-state index is -0.709. The second-order valence-electron chi connectivity index (χ2n) is 9.48. The number of Topliss-reactive ketones (excluding diaryl/α,β-unsaturated/α-hetero) is 1. The van der Waals surface area contributed by atoms with Crippen molar-refractivity contribution in [1.29, 1.82) is 0 Å². The third-order valence-electron chi connectivity index (χ3n) is 7.26. The smallest absolute Gasteiger partial charge is 0.312 e. The van der Waals surface area contributed by atoms with Crippen LogP contribution in [0.3, 0.4) is 0 Å². The van der Waals surface area contributed by atoms with Crippen LogP contribution in [-0.4, -0.2) is 45.2 Å². The summed E-state index contributed by atoms with van der Waals surface area (Å²) in [6.45, 7) is 0. The molecule has 10 nitrogen and oxygen atoms in total. The maximum absolute atomic E-state index is 13.5. The number of rotatable bonds is 6. The number of allylic oxidation sites excluding steroid dienone is 1. The van der Waals surface area contributed by atoms with Gasteiger partial charge in [-0.15, -0.1) is 0 Å². The van der Waals surface area contributed by atoms with Gasteiger partial charge in [-0.1, -0.05) is 0 Å². The fraction of sp³-hybridized carbons (Fsp3) is 0.194. The Morgan fingerprint density at radius 1 is 0.829 bits per heavy atom. The predicted molar refractivity (Wildman–Crippen MR) is 149 cm³/mol. The first-order valence-electron chi connectivity index (χ1n) is 12.7. The van der Waals surface area contributed by atoms with Crippen molar-refractivity contribution in [2.24, 2.45) is 0 Å². The molecule has 0 amide bonds. The number of aromatic nitrogens is 1. The van der Waals surface area contributed by atoms with Gasteiger partial charge >= 0.3 is 5.97 Å². The molecule has 0 spiro atoms. The van der Waals surface area contributed by atoms with Crippen molar-refractivity contribution in [3.8, 4) is 34.5 Å². The molecule has 4 aromatic rings. The number of benzene rings is 3. The zero-order valence-corrected chi connectivity index (χ0v) is 22.7. The van der Waals surface area contributed by atoms with Crippen LogP contribution in [0.25, 0.3) is 17.0 Å². The number of carbonyl (C=O) groups is 2. The van der Waals surface area contributed by atoms with Crippen LogP contribution >= 0.6 is 0 Å². The second-order valence-corrected chi connectivity index (χ2v) is 9.48. The van der Waals surface area contributed by atoms with Gasteiger partial charge in [0, 0.05) is 34.7 Å². The van der Waals surface area contributed by atoms with Crippen LogP contribution in [0, 0.1) is 0 Å². The van der Waals surface area contributed by atoms with Crippen LogP contribution in [0.1, 0.15) is 39.4 Å². The van der Waals surface area contributed by atoms with Crippen LogP contribution < -0.4 is 34.0 Å². The first-order chi connectivity index (χ1) is 19.8. The van der Waals surface area contributed by atoms with E-state index in [1.807, 2.05) is 6.07 Å². The summed E-state index contributed by atoms with van der Waals surface area (Å²) in [6, 6.07) is 13.5. The SMILES string of the molecule is COc1ccc2cc(C3CC(=O)Oc4ccc5c(c43)OC(=Cc3cc(OC)c(OC)cc3OC)C5=O)c(=O)[nH]c2c1. The molecular formula is C31H25NO9. The van der Waals surface area contributed by atoms with E-state index in [0.29, 0.717) is 50.8 Å². The molecule has 208 valence electrons. The summed E-state index contributed by atoms with van der Waals surface area (Å²) in [7, 11) is 6.07. The van der Waals surface area contributed by atoms with Crippen molar-refractivity contribution in [1.82, 2.24) is 4.98 Å². The molecule has 6 rings (SSSR count). The van der Waals surface area contributed by atoms with E-state index in [0.717, 1.165) is 5.39 Å². The molecule has 0 fully saturated rings. The molecule has 1 N–H and O–H groups in total. The lowest BCUT2D eigenvalue weighted by Gasteiger charge is -2.26. The molecule has 10 heteroatoms. The van der Waals surface area contributed by atoms with E-state index >= 15 is 0 Å². The van der Waals surface area contributed by atoms with Gasteiger partial charge in [-0.05, 0) is 47.9 Å². The minimum Gasteiger partial charge on any atom is -0.497 e. The Hall–Kier alpha value is -5.25. The second kappa shape index (κ2) is 10.1. The quantitative estimate of drug-likeness (QED) is 0.206. The monoisotopic (exact) mass is 555 g/mol. The number of nitrogens with one attached hydrogen (secondary N) is 1. The fourth-order valence-corrected chi connectivity index (χ4v) is 5.26. The van der Waals surface area contributed by atoms with Gasteiger partial charge in [-0.3, -0.25) is 14.4 Å². The minimum absolute atomic E-state index is 0.0362. The van der Waals surface area contributed by atoms with Crippen LogP contribution in [-0.2, 0) is 4.79 Å². The topological polar surface area (TPSA) is 122 Å². The average Bonchev–Trinajstić information content (AvgIpc) is 3.30. The summed E-state index contributed by atoms with van der Waals surface area (Å²) in [4.78, 5) is 42.3. The van der Waals surface area contributed by atoms with Crippen molar-refractivity contribution < 1.29 is 38.0 Å². The highest BCUT2D eigenvalue weighted by molar-refractivity contribution is 6.15. The molecule has 3 aromatic carbocycles. The molecular weight excluding hydrogens is 530 g/mol. The van der Waals surface area contributed by atoms with Gasteiger partial charge in [-0.2, -0.15) is 0 Å². The van der Waals surface area contributed by atoms with Crippen molar-refractivity contribution in [2.45, 2.75) is 12.3 Å². The summed E-state index contributed by atoms with van der Waals surface area (Å²) in [5.74, 6) is 0.891. The summed E-state index contributed by atoms with van der Waals surface area (Å²) < 4.78 is 33.2. The molecule has 0 saturated heterocycles. The largest absolute Gasteiger partial charge is 0.497 e. The van der Waals surface area contributed by atoms with E-state index in [1.165, 1.54) is 21.3 Å². The number of ether oxygens (including phenoxy) is 6. The Kier molecular flexibility index (Phi) is 6.37. The van der Waals surface area contributed by atoms with Crippen LogP contribution in [0.5, 0.6) is 34.5 Å².